The Morgan fingerprint density at radius 3 is 1.89 bits per heavy atom. The first-order valence-electron chi connectivity index (χ1n) is 4.78. The Kier molecular flexibility index (Phi) is 7.77. The van der Waals surface area contributed by atoms with Crippen LogP contribution >= 0.6 is 0 Å². The zero-order chi connectivity index (χ0) is 12.5. The van der Waals surface area contributed by atoms with Gasteiger partial charge in [0.2, 0.25) is 0 Å². The predicted octanol–water partition coefficient (Wildman–Crippen LogP) is -2.73. The number of hydrogen-bond acceptors (Lipinski definition) is 7. The van der Waals surface area contributed by atoms with E-state index >= 15 is 0 Å². The van der Waals surface area contributed by atoms with Gasteiger partial charge in [-0.05, 0) is 13.3 Å². The Labute approximate surface area is 106 Å². The Morgan fingerprint density at radius 1 is 1.17 bits per heavy atom. The average Bonchev–Trinajstić information content (AvgIpc) is 2.41. The number of aliphatic hydroxyl groups excluding tert-OH is 2. The number of ether oxygens (including phenoxy) is 1. The first kappa shape index (κ1) is 19.2. The summed E-state index contributed by atoms with van der Waals surface area (Å²) >= 11 is 0. The second-order valence-electron chi connectivity index (χ2n) is 3.79. The van der Waals surface area contributed by atoms with Crippen LogP contribution in [0.15, 0.2) is 0 Å². The molecule has 4 atom stereocenters. The van der Waals surface area contributed by atoms with E-state index in [-0.39, 0.29) is 14.9 Å². The topological polar surface area (TPSA) is 130 Å². The molecule has 1 aliphatic heterocycles. The van der Waals surface area contributed by atoms with Gasteiger partial charge in [0.15, 0.2) is 0 Å². The van der Waals surface area contributed by atoms with Crippen LogP contribution in [0.1, 0.15) is 28.2 Å². The molecule has 7 heteroatoms. The first-order chi connectivity index (χ1) is 7.34. The van der Waals surface area contributed by atoms with Crippen LogP contribution in [0.25, 0.3) is 0 Å². The molecule has 2 N–H and O–H groups in total. The average molecular weight is 264 g/mol. The lowest BCUT2D eigenvalue weighted by Crippen LogP contribution is -2.46. The molecule has 1 rings (SSSR count). The molecule has 7 nitrogen and oxygen atoms in total. The van der Waals surface area contributed by atoms with Gasteiger partial charge < -0.3 is 34.8 Å². The van der Waals surface area contributed by atoms with Crippen LogP contribution in [-0.4, -0.2) is 46.6 Å². The van der Waals surface area contributed by atoms with Gasteiger partial charge in [-0.2, -0.15) is 0 Å². The Bertz CT molecular complexity index is 277. The molecule has 0 aromatic carbocycles. The smallest absolute Gasteiger partial charge is 0.109 e. The summed E-state index contributed by atoms with van der Waals surface area (Å²) < 4.78 is 5.03. The lowest BCUT2D eigenvalue weighted by Gasteiger charge is -2.23. The van der Waals surface area contributed by atoms with Crippen LogP contribution < -0.4 is 10.2 Å². The van der Waals surface area contributed by atoms with Crippen molar-refractivity contribution in [2.24, 2.45) is 5.92 Å². The number of aliphatic hydroxyl groups is 2. The van der Waals surface area contributed by atoms with E-state index in [4.69, 9.17) is 4.74 Å². The van der Waals surface area contributed by atoms with E-state index in [1.165, 1.54) is 6.92 Å². The number of carboxylic acid groups (broad SMARTS) is 2. The molecule has 0 bridgehead atoms. The third kappa shape index (κ3) is 3.94. The number of rotatable bonds is 4. The van der Waals surface area contributed by atoms with Crippen molar-refractivity contribution >= 4 is 11.9 Å². The molecule has 1 fully saturated rings. The van der Waals surface area contributed by atoms with Crippen molar-refractivity contribution in [1.29, 1.82) is 0 Å². The van der Waals surface area contributed by atoms with Crippen molar-refractivity contribution < 1.29 is 34.8 Å². The van der Waals surface area contributed by atoms with Crippen LogP contribution in [0.4, 0.5) is 0 Å². The van der Waals surface area contributed by atoms with Gasteiger partial charge in [-0.3, -0.25) is 0 Å². The van der Waals surface area contributed by atoms with Crippen molar-refractivity contribution in [2.45, 2.75) is 52.6 Å². The molecule has 18 heavy (non-hydrogen) atoms. The normalized spacial score (nSPS) is 30.4. The molecule has 0 aromatic heterocycles. The zero-order valence-corrected chi connectivity index (χ0v) is 8.53. The second kappa shape index (κ2) is 7.30. The number of hydrogen-bond donors (Lipinski definition) is 2. The number of aliphatic carboxylic acids is 2. The van der Waals surface area contributed by atoms with Crippen molar-refractivity contribution in [2.75, 3.05) is 0 Å². The van der Waals surface area contributed by atoms with E-state index in [1.807, 2.05) is 0 Å². The lowest BCUT2D eigenvalue weighted by molar-refractivity contribution is -0.332. The van der Waals surface area contributed by atoms with E-state index in [1.54, 1.807) is 0 Å². The highest BCUT2D eigenvalue weighted by Crippen LogP contribution is 2.25. The fraction of sp³-hybridized carbons (Fsp3) is 0.818. The third-order valence-electron chi connectivity index (χ3n) is 2.64. The summed E-state index contributed by atoms with van der Waals surface area (Å²) in [7, 11) is 0. The molecule has 0 spiro atoms. The fourth-order valence-corrected chi connectivity index (χ4v) is 1.65. The van der Waals surface area contributed by atoms with Crippen LogP contribution in [0.5, 0.6) is 0 Å². The molecule has 108 valence electrons. The minimum absolute atomic E-state index is 0. The van der Waals surface area contributed by atoms with E-state index in [2.05, 4.69) is 0 Å². The first-order valence-corrected chi connectivity index (χ1v) is 4.78. The van der Waals surface area contributed by atoms with Crippen LogP contribution in [0.2, 0.25) is 0 Å². The second-order valence-corrected chi connectivity index (χ2v) is 3.79. The van der Waals surface area contributed by atoms with Gasteiger partial charge in [0.05, 0.1) is 24.1 Å². The summed E-state index contributed by atoms with van der Waals surface area (Å²) in [6.45, 7) is 1.49. The minimum atomic E-state index is -1.86. The monoisotopic (exact) mass is 264 g/mol. The molecular formula is C11H20O7-2. The highest BCUT2D eigenvalue weighted by Gasteiger charge is 2.41. The largest absolute Gasteiger partial charge is 0.549 e. The van der Waals surface area contributed by atoms with Gasteiger partial charge in [-0.15, -0.1) is 0 Å². The summed E-state index contributed by atoms with van der Waals surface area (Å²) in [6, 6.07) is 0. The van der Waals surface area contributed by atoms with E-state index in [0.29, 0.717) is 0 Å². The number of carboxylic acids is 2. The lowest BCUT2D eigenvalue weighted by atomic mass is 9.97. The van der Waals surface area contributed by atoms with Gasteiger partial charge in [0.1, 0.15) is 12.2 Å². The molecule has 1 aliphatic rings. The number of carbonyl (C=O) groups excluding carboxylic acids is 2. The SMILES string of the molecule is C.C.C[C@@H]1O[C@H](CC(C(=O)[O-])C(=O)[O-])C(O)[C@@H]1O. The Morgan fingerprint density at radius 2 is 1.61 bits per heavy atom. The van der Waals surface area contributed by atoms with Crippen LogP contribution in [-0.2, 0) is 14.3 Å². The summed E-state index contributed by atoms with van der Waals surface area (Å²) in [5.41, 5.74) is 0. The highest BCUT2D eigenvalue weighted by atomic mass is 16.5. The minimum Gasteiger partial charge on any atom is -0.549 e. The molecule has 0 saturated carbocycles. The van der Waals surface area contributed by atoms with Gasteiger partial charge in [0, 0.05) is 5.92 Å². The molecule has 0 aliphatic carbocycles. The maximum atomic E-state index is 10.5. The molecule has 0 aromatic rings. The van der Waals surface area contributed by atoms with Crippen LogP contribution in [0.3, 0.4) is 0 Å². The van der Waals surface area contributed by atoms with Gasteiger partial charge >= 0.3 is 0 Å². The summed E-state index contributed by atoms with van der Waals surface area (Å²) in [6.07, 6.45) is -4.69. The van der Waals surface area contributed by atoms with Crippen molar-refractivity contribution in [3.63, 3.8) is 0 Å². The van der Waals surface area contributed by atoms with Gasteiger partial charge in [0.25, 0.3) is 0 Å². The summed E-state index contributed by atoms with van der Waals surface area (Å²) in [5, 5.41) is 39.7. The van der Waals surface area contributed by atoms with E-state index in [9.17, 15) is 30.0 Å². The zero-order valence-electron chi connectivity index (χ0n) is 8.53. The maximum absolute atomic E-state index is 10.5. The fourth-order valence-electron chi connectivity index (χ4n) is 1.65. The van der Waals surface area contributed by atoms with E-state index < -0.39 is 48.7 Å². The standard InChI is InChI=1S/C9H14O7.2CH4/c1-3-6(10)7(11)5(16-3)2-4(8(12)13)9(14)15;;/h3-7,10-11H,2H2,1H3,(H,12,13)(H,14,15);2*1H4/p-2/t3-,5+,6+,7?;;/m0../s1. The van der Waals surface area contributed by atoms with Crippen molar-refractivity contribution in [1.82, 2.24) is 0 Å². The molecule has 0 radical (unpaired) electrons. The molecule has 1 unspecified atom stereocenters. The highest BCUT2D eigenvalue weighted by molar-refractivity contribution is 5.90. The Hall–Kier alpha value is -1.18. The van der Waals surface area contributed by atoms with Gasteiger partial charge in [-0.1, -0.05) is 14.9 Å². The molecule has 0 amide bonds. The number of carbonyl (C=O) groups is 2. The van der Waals surface area contributed by atoms with Crippen molar-refractivity contribution in [3.05, 3.63) is 0 Å². The molecule has 1 saturated heterocycles. The summed E-state index contributed by atoms with van der Waals surface area (Å²) in [4.78, 5) is 20.9. The predicted molar refractivity (Wildman–Crippen MR) is 57.9 cm³/mol. The molecular weight excluding hydrogens is 244 g/mol. The summed E-state index contributed by atoms with van der Waals surface area (Å²) in [5.74, 6) is -5.47. The Balaban J connectivity index is 0. The van der Waals surface area contributed by atoms with Gasteiger partial charge in [-0.25, -0.2) is 0 Å². The third-order valence-corrected chi connectivity index (χ3v) is 2.64. The van der Waals surface area contributed by atoms with Crippen molar-refractivity contribution in [3.8, 4) is 0 Å². The van der Waals surface area contributed by atoms with E-state index in [0.717, 1.165) is 0 Å². The maximum Gasteiger partial charge on any atom is 0.109 e. The van der Waals surface area contributed by atoms with Crippen LogP contribution in [0, 0.1) is 5.92 Å². The quantitative estimate of drug-likeness (QED) is 0.527. The molecule has 1 heterocycles.